The Kier molecular flexibility index (Phi) is 3.47. The fourth-order valence-corrected chi connectivity index (χ4v) is 2.65. The van der Waals surface area contributed by atoms with E-state index in [1.165, 1.54) is 4.88 Å². The first-order valence-electron chi connectivity index (χ1n) is 5.61. The number of aromatic nitrogens is 1. The number of ether oxygens (including phenoxy) is 1. The van der Waals surface area contributed by atoms with Crippen LogP contribution in [0.3, 0.4) is 0 Å². The van der Waals surface area contributed by atoms with Gasteiger partial charge in [-0.15, -0.1) is 11.3 Å². The van der Waals surface area contributed by atoms with Crippen LogP contribution in [-0.2, 0) is 10.3 Å². The molecule has 90 valence electrons. The topological polar surface area (TPSA) is 37.4 Å². The lowest BCUT2D eigenvalue weighted by atomic mass is 10.1. The van der Waals surface area contributed by atoms with Crippen molar-refractivity contribution in [3.05, 3.63) is 11.1 Å². The SMILES string of the molecule is CNC(C)(C)c1cnc(N2CCOCC2)s1. The summed E-state index contributed by atoms with van der Waals surface area (Å²) in [5.74, 6) is 0. The minimum atomic E-state index is 0.00219. The number of rotatable bonds is 3. The predicted molar refractivity (Wildman–Crippen MR) is 67.2 cm³/mol. The monoisotopic (exact) mass is 241 g/mol. The van der Waals surface area contributed by atoms with Gasteiger partial charge in [-0.3, -0.25) is 0 Å². The van der Waals surface area contributed by atoms with E-state index < -0.39 is 0 Å². The van der Waals surface area contributed by atoms with Crippen LogP contribution >= 0.6 is 11.3 Å². The Morgan fingerprint density at radius 1 is 1.44 bits per heavy atom. The molecule has 0 unspecified atom stereocenters. The Balaban J connectivity index is 2.12. The number of hydrogen-bond acceptors (Lipinski definition) is 5. The van der Waals surface area contributed by atoms with Crippen molar-refractivity contribution in [2.24, 2.45) is 0 Å². The molecule has 1 aromatic heterocycles. The van der Waals surface area contributed by atoms with E-state index in [2.05, 4.69) is 29.0 Å². The van der Waals surface area contributed by atoms with Gasteiger partial charge in [0, 0.05) is 29.7 Å². The molecular formula is C11H19N3OS. The average molecular weight is 241 g/mol. The zero-order valence-electron chi connectivity index (χ0n) is 10.1. The number of nitrogens with zero attached hydrogens (tertiary/aromatic N) is 2. The van der Waals surface area contributed by atoms with Crippen molar-refractivity contribution in [3.63, 3.8) is 0 Å². The number of nitrogens with one attached hydrogen (secondary N) is 1. The Morgan fingerprint density at radius 2 is 2.12 bits per heavy atom. The summed E-state index contributed by atoms with van der Waals surface area (Å²) >= 11 is 1.77. The molecule has 16 heavy (non-hydrogen) atoms. The minimum absolute atomic E-state index is 0.00219. The van der Waals surface area contributed by atoms with Crippen LogP contribution in [-0.4, -0.2) is 38.3 Å². The molecule has 5 heteroatoms. The van der Waals surface area contributed by atoms with Gasteiger partial charge >= 0.3 is 0 Å². The summed E-state index contributed by atoms with van der Waals surface area (Å²) in [5.41, 5.74) is 0.00219. The number of thiazole rings is 1. The summed E-state index contributed by atoms with van der Waals surface area (Å²) < 4.78 is 5.34. The molecule has 1 aliphatic rings. The second kappa shape index (κ2) is 4.69. The Hall–Kier alpha value is -0.650. The minimum Gasteiger partial charge on any atom is -0.378 e. The van der Waals surface area contributed by atoms with Gasteiger partial charge in [0.2, 0.25) is 0 Å². The molecule has 1 saturated heterocycles. The standard InChI is InChI=1S/C11H19N3OS/c1-11(2,12-3)9-8-13-10(16-9)14-4-6-15-7-5-14/h8,12H,4-7H2,1-3H3. The molecule has 0 radical (unpaired) electrons. The van der Waals surface area contributed by atoms with Crippen molar-refractivity contribution in [2.75, 3.05) is 38.3 Å². The number of morpholine rings is 1. The Morgan fingerprint density at radius 3 is 2.75 bits per heavy atom. The average Bonchev–Trinajstić information content (AvgIpc) is 2.80. The summed E-state index contributed by atoms with van der Waals surface area (Å²) in [6.07, 6.45) is 1.98. The molecule has 0 spiro atoms. The smallest absolute Gasteiger partial charge is 0.185 e. The van der Waals surface area contributed by atoms with E-state index in [1.54, 1.807) is 11.3 Å². The van der Waals surface area contributed by atoms with Gasteiger partial charge in [-0.2, -0.15) is 0 Å². The molecule has 1 N–H and O–H groups in total. The third-order valence-electron chi connectivity index (χ3n) is 3.02. The molecule has 0 bridgehead atoms. The van der Waals surface area contributed by atoms with Crippen LogP contribution in [0.15, 0.2) is 6.20 Å². The van der Waals surface area contributed by atoms with E-state index in [0.717, 1.165) is 31.4 Å². The van der Waals surface area contributed by atoms with Crippen molar-refractivity contribution in [2.45, 2.75) is 19.4 Å². The first-order valence-corrected chi connectivity index (χ1v) is 6.43. The second-order valence-electron chi connectivity index (χ2n) is 4.48. The normalized spacial score (nSPS) is 17.8. The number of anilines is 1. The van der Waals surface area contributed by atoms with E-state index in [-0.39, 0.29) is 5.54 Å². The van der Waals surface area contributed by atoms with Crippen LogP contribution < -0.4 is 10.2 Å². The third kappa shape index (κ3) is 2.36. The summed E-state index contributed by atoms with van der Waals surface area (Å²) in [6.45, 7) is 7.86. The predicted octanol–water partition coefficient (Wildman–Crippen LogP) is 1.43. The fraction of sp³-hybridized carbons (Fsp3) is 0.727. The fourth-order valence-electron chi connectivity index (χ4n) is 1.58. The highest BCUT2D eigenvalue weighted by Crippen LogP contribution is 2.30. The van der Waals surface area contributed by atoms with Crippen LogP contribution in [0.5, 0.6) is 0 Å². The van der Waals surface area contributed by atoms with Crippen molar-refractivity contribution in [1.82, 2.24) is 10.3 Å². The first kappa shape index (κ1) is 11.8. The Bertz CT molecular complexity index is 345. The maximum atomic E-state index is 5.34. The molecule has 0 amide bonds. The van der Waals surface area contributed by atoms with E-state index >= 15 is 0 Å². The highest BCUT2D eigenvalue weighted by Gasteiger charge is 2.23. The van der Waals surface area contributed by atoms with Crippen molar-refractivity contribution in [1.29, 1.82) is 0 Å². The maximum Gasteiger partial charge on any atom is 0.185 e. The van der Waals surface area contributed by atoms with Gasteiger partial charge in [0.1, 0.15) is 0 Å². The van der Waals surface area contributed by atoms with Crippen LogP contribution in [0, 0.1) is 0 Å². The van der Waals surface area contributed by atoms with Crippen LogP contribution in [0.25, 0.3) is 0 Å². The molecule has 0 aromatic carbocycles. The lowest BCUT2D eigenvalue weighted by Gasteiger charge is -2.26. The van der Waals surface area contributed by atoms with E-state index in [4.69, 9.17) is 4.74 Å². The van der Waals surface area contributed by atoms with E-state index in [1.807, 2.05) is 13.2 Å². The largest absolute Gasteiger partial charge is 0.378 e. The van der Waals surface area contributed by atoms with Crippen LogP contribution in [0.4, 0.5) is 5.13 Å². The van der Waals surface area contributed by atoms with E-state index in [0.29, 0.717) is 0 Å². The highest BCUT2D eigenvalue weighted by molar-refractivity contribution is 7.15. The van der Waals surface area contributed by atoms with Gasteiger partial charge in [0.15, 0.2) is 5.13 Å². The van der Waals surface area contributed by atoms with Crippen LogP contribution in [0.2, 0.25) is 0 Å². The van der Waals surface area contributed by atoms with Gasteiger partial charge in [-0.1, -0.05) is 0 Å². The Labute approximate surface area is 101 Å². The van der Waals surface area contributed by atoms with Gasteiger partial charge in [0.25, 0.3) is 0 Å². The summed E-state index contributed by atoms with van der Waals surface area (Å²) in [7, 11) is 1.98. The molecule has 1 aromatic rings. The third-order valence-corrected chi connectivity index (χ3v) is 4.40. The molecule has 1 aliphatic heterocycles. The summed E-state index contributed by atoms with van der Waals surface area (Å²) in [6, 6.07) is 0. The maximum absolute atomic E-state index is 5.34. The molecule has 2 heterocycles. The number of hydrogen-bond donors (Lipinski definition) is 1. The zero-order valence-corrected chi connectivity index (χ0v) is 10.9. The zero-order chi connectivity index (χ0) is 11.6. The lowest BCUT2D eigenvalue weighted by molar-refractivity contribution is 0.122. The second-order valence-corrected chi connectivity index (χ2v) is 5.49. The molecule has 0 atom stereocenters. The highest BCUT2D eigenvalue weighted by atomic mass is 32.1. The van der Waals surface area contributed by atoms with E-state index in [9.17, 15) is 0 Å². The van der Waals surface area contributed by atoms with Gasteiger partial charge < -0.3 is 15.0 Å². The van der Waals surface area contributed by atoms with Crippen molar-refractivity contribution < 1.29 is 4.74 Å². The van der Waals surface area contributed by atoms with Crippen molar-refractivity contribution in [3.8, 4) is 0 Å². The molecule has 0 aliphatic carbocycles. The summed E-state index contributed by atoms with van der Waals surface area (Å²) in [5, 5.41) is 4.41. The first-order chi connectivity index (χ1) is 7.63. The van der Waals surface area contributed by atoms with Gasteiger partial charge in [0.05, 0.1) is 13.2 Å². The molecule has 1 fully saturated rings. The molecule has 2 rings (SSSR count). The quantitative estimate of drug-likeness (QED) is 0.869. The van der Waals surface area contributed by atoms with Crippen molar-refractivity contribution >= 4 is 16.5 Å². The lowest BCUT2D eigenvalue weighted by Crippen LogP contribution is -2.36. The van der Waals surface area contributed by atoms with Gasteiger partial charge in [-0.25, -0.2) is 4.98 Å². The van der Waals surface area contributed by atoms with Crippen LogP contribution in [0.1, 0.15) is 18.7 Å². The molecule has 0 saturated carbocycles. The van der Waals surface area contributed by atoms with Gasteiger partial charge in [-0.05, 0) is 20.9 Å². The molecular weight excluding hydrogens is 222 g/mol. The summed E-state index contributed by atoms with van der Waals surface area (Å²) in [4.78, 5) is 8.07. The molecule has 4 nitrogen and oxygen atoms in total.